The van der Waals surface area contributed by atoms with E-state index in [0.717, 1.165) is 40.6 Å². The van der Waals surface area contributed by atoms with Gasteiger partial charge in [-0.1, -0.05) is 126 Å². The molecule has 8 rings (SSSR count). The Morgan fingerprint density at radius 2 is 1.08 bits per heavy atom. The van der Waals surface area contributed by atoms with Crippen molar-refractivity contribution in [1.82, 2.24) is 14.1 Å². The van der Waals surface area contributed by atoms with E-state index < -0.39 is 0 Å². The summed E-state index contributed by atoms with van der Waals surface area (Å²) in [7, 11) is 1.72. The van der Waals surface area contributed by atoms with Gasteiger partial charge in [-0.2, -0.15) is 15.1 Å². The van der Waals surface area contributed by atoms with Crippen LogP contribution >= 0.6 is 0 Å². The van der Waals surface area contributed by atoms with Crippen molar-refractivity contribution in [1.29, 1.82) is 10.5 Å². The molecule has 0 bridgehead atoms. The summed E-state index contributed by atoms with van der Waals surface area (Å²) in [6.07, 6.45) is 2.50. The number of fused-ring (bicyclic) bond motifs is 3. The number of benzene rings is 5. The van der Waals surface area contributed by atoms with Crippen LogP contribution in [0.25, 0.3) is 45.3 Å². The SMILES string of the molecule is CCC.CCC.COc1cccc(-c2cc(C(C)C)c(-n3c(C)c(C)[n+]4c3-c3ccc(C#N)cc3C4)c(C(C)C)c2)c1.Cc1cc(C(C)C)c(-n2c(-c3ccc(C#N)cc3C)nc(C)c2C)c(C(C)C)c1. The molecule has 1 aliphatic rings. The van der Waals surface area contributed by atoms with Crippen LogP contribution in [0.1, 0.15) is 192 Å². The highest BCUT2D eigenvalue weighted by atomic mass is 16.5. The van der Waals surface area contributed by atoms with E-state index in [1.54, 1.807) is 7.11 Å². The van der Waals surface area contributed by atoms with E-state index in [-0.39, 0.29) is 0 Å². The van der Waals surface area contributed by atoms with Crippen LogP contribution in [0.2, 0.25) is 0 Å². The molecule has 0 fully saturated rings. The van der Waals surface area contributed by atoms with Gasteiger partial charge in [0.25, 0.3) is 5.82 Å². The maximum Gasteiger partial charge on any atom is 0.295 e. The predicted octanol–water partition coefficient (Wildman–Crippen LogP) is 16.9. The van der Waals surface area contributed by atoms with Gasteiger partial charge in [0.15, 0.2) is 0 Å². The Balaban J connectivity index is 0.000000242. The van der Waals surface area contributed by atoms with Crippen molar-refractivity contribution >= 4 is 0 Å². The molecule has 3 heterocycles. The number of hydrogen-bond donors (Lipinski definition) is 0. The summed E-state index contributed by atoms with van der Waals surface area (Å²) in [4.78, 5) is 4.98. The molecule has 0 spiro atoms. The monoisotopic (exact) mass is 950 g/mol. The van der Waals surface area contributed by atoms with Crippen molar-refractivity contribution in [2.75, 3.05) is 7.11 Å². The van der Waals surface area contributed by atoms with E-state index in [1.807, 2.05) is 36.4 Å². The highest BCUT2D eigenvalue weighted by molar-refractivity contribution is 5.74. The number of ether oxygens (including phenoxy) is 1. The topological polar surface area (TPSA) is 83.4 Å². The zero-order valence-corrected chi connectivity index (χ0v) is 46.6. The first-order valence-corrected chi connectivity index (χ1v) is 25.9. The van der Waals surface area contributed by atoms with Crippen LogP contribution in [0.5, 0.6) is 5.75 Å². The van der Waals surface area contributed by atoms with Gasteiger partial charge in [-0.3, -0.25) is 4.57 Å². The molecule has 0 saturated heterocycles. The van der Waals surface area contributed by atoms with E-state index in [4.69, 9.17) is 9.72 Å². The van der Waals surface area contributed by atoms with Crippen LogP contribution < -0.4 is 9.30 Å². The second-order valence-corrected chi connectivity index (χ2v) is 20.5. The molecule has 0 amide bonds. The summed E-state index contributed by atoms with van der Waals surface area (Å²) in [6.45, 7) is 40.4. The van der Waals surface area contributed by atoms with Crippen molar-refractivity contribution < 1.29 is 9.30 Å². The number of nitriles is 2. The van der Waals surface area contributed by atoms with Crippen molar-refractivity contribution in [2.24, 2.45) is 0 Å². The molecule has 7 nitrogen and oxygen atoms in total. The van der Waals surface area contributed by atoms with Crippen LogP contribution in [0.4, 0.5) is 0 Å². The van der Waals surface area contributed by atoms with Gasteiger partial charge in [-0.25, -0.2) is 9.55 Å². The van der Waals surface area contributed by atoms with Crippen LogP contribution in [0.15, 0.2) is 84.9 Å². The maximum atomic E-state index is 9.45. The molecule has 0 saturated carbocycles. The zero-order chi connectivity index (χ0) is 52.6. The van der Waals surface area contributed by atoms with Crippen molar-refractivity contribution in [3.05, 3.63) is 158 Å². The lowest BCUT2D eigenvalue weighted by atomic mass is 9.88. The van der Waals surface area contributed by atoms with Gasteiger partial charge in [0.05, 0.1) is 47.3 Å². The third-order valence-corrected chi connectivity index (χ3v) is 13.3. The standard InChI is InChI=1S/C32H34N3O.C26H31N3.2C3H8/c1-19(2)29-15-25(24-9-8-10-27(14-24)36-7)16-30(20(3)4)31(29)35-22(6)21(5)34-18-26-13-23(17-33)11-12-28(26)32(34)35;1-15(2)23-11-17(5)12-24(16(3)4)25(23)29-20(8)19(7)28-26(29)22-10-9-21(14-27)13-18(22)6;2*1-3-2/h8-16,19-20H,18H2,1-7H3;9-13,15-16H,1-8H3;2*3H2,1-2H3/q+1;;;. The van der Waals surface area contributed by atoms with E-state index >= 15 is 0 Å². The molecule has 0 atom stereocenters. The quantitative estimate of drug-likeness (QED) is 0.135. The highest BCUT2D eigenvalue weighted by Gasteiger charge is 2.38. The lowest BCUT2D eigenvalue weighted by Crippen LogP contribution is -2.34. The average molecular weight is 950 g/mol. The van der Waals surface area contributed by atoms with E-state index in [0.29, 0.717) is 34.8 Å². The summed E-state index contributed by atoms with van der Waals surface area (Å²) in [5.41, 5.74) is 22.3. The number of nitrogens with zero attached hydrogens (tertiary/aromatic N) is 6. The minimum Gasteiger partial charge on any atom is -0.497 e. The maximum absolute atomic E-state index is 9.45. The van der Waals surface area contributed by atoms with Gasteiger partial charge in [0.1, 0.15) is 35.2 Å². The molecular weight excluding hydrogens is 869 g/mol. The van der Waals surface area contributed by atoms with Crippen LogP contribution in [-0.4, -0.2) is 21.2 Å². The molecule has 0 radical (unpaired) electrons. The molecule has 7 aromatic rings. The van der Waals surface area contributed by atoms with Crippen molar-refractivity contribution in [3.8, 4) is 63.2 Å². The lowest BCUT2D eigenvalue weighted by Gasteiger charge is -2.24. The van der Waals surface area contributed by atoms with Crippen LogP contribution in [-0.2, 0) is 6.54 Å². The number of aryl methyl sites for hydroxylation is 3. The number of methoxy groups -OCH3 is 1. The average Bonchev–Trinajstić information content (AvgIpc) is 3.94. The second kappa shape index (κ2) is 23.9. The Kier molecular flexibility index (Phi) is 18.6. The molecule has 0 aliphatic carbocycles. The molecule has 2 aromatic heterocycles. The Morgan fingerprint density at radius 1 is 0.592 bits per heavy atom. The van der Waals surface area contributed by atoms with Crippen LogP contribution in [0.3, 0.4) is 0 Å². The zero-order valence-electron chi connectivity index (χ0n) is 46.6. The summed E-state index contributed by atoms with van der Waals surface area (Å²) in [5.74, 6) is 4.52. The number of rotatable bonds is 9. The third-order valence-electron chi connectivity index (χ3n) is 13.3. The third kappa shape index (κ3) is 11.6. The Labute approximate surface area is 427 Å². The Hall–Kier alpha value is -6.70. The fourth-order valence-electron chi connectivity index (χ4n) is 9.52. The smallest absolute Gasteiger partial charge is 0.295 e. The molecule has 7 heteroatoms. The first-order valence-electron chi connectivity index (χ1n) is 25.9. The molecule has 0 N–H and O–H groups in total. The molecule has 1 aliphatic heterocycles. The van der Waals surface area contributed by atoms with Gasteiger partial charge in [0.2, 0.25) is 0 Å². The summed E-state index contributed by atoms with van der Waals surface area (Å²) in [5, 5.41) is 18.7. The minimum atomic E-state index is 0.340. The van der Waals surface area contributed by atoms with Crippen molar-refractivity contribution in [3.63, 3.8) is 0 Å². The Bertz CT molecular complexity index is 3030. The Morgan fingerprint density at radius 3 is 1.58 bits per heavy atom. The molecule has 71 heavy (non-hydrogen) atoms. The largest absolute Gasteiger partial charge is 0.497 e. The molecular formula is C64H81N6O+. The van der Waals surface area contributed by atoms with Crippen LogP contribution in [0, 0.1) is 64.2 Å². The van der Waals surface area contributed by atoms with Gasteiger partial charge in [-0.15, -0.1) is 0 Å². The van der Waals surface area contributed by atoms with Gasteiger partial charge in [0, 0.05) is 41.8 Å². The number of aromatic nitrogens is 4. The van der Waals surface area contributed by atoms with E-state index in [9.17, 15) is 10.5 Å². The first kappa shape index (κ1) is 55.2. The lowest BCUT2D eigenvalue weighted by molar-refractivity contribution is -0.677. The van der Waals surface area contributed by atoms with E-state index in [1.165, 1.54) is 91.5 Å². The molecule has 5 aromatic carbocycles. The van der Waals surface area contributed by atoms with Gasteiger partial charge in [-0.05, 0) is 140 Å². The second-order valence-electron chi connectivity index (χ2n) is 20.5. The summed E-state index contributed by atoms with van der Waals surface area (Å²) in [6, 6.07) is 34.2. The fraction of sp³-hybridized carbons (Fsp3) is 0.406. The van der Waals surface area contributed by atoms with Gasteiger partial charge < -0.3 is 4.74 Å². The first-order chi connectivity index (χ1) is 33.7. The summed E-state index contributed by atoms with van der Waals surface area (Å²) >= 11 is 0. The fourth-order valence-corrected chi connectivity index (χ4v) is 9.52. The molecule has 372 valence electrons. The molecule has 0 unspecified atom stereocenters. The normalized spacial score (nSPS) is 11.3. The highest BCUT2D eigenvalue weighted by Crippen LogP contribution is 2.42. The number of hydrogen-bond acceptors (Lipinski definition) is 4. The van der Waals surface area contributed by atoms with Crippen molar-refractivity contribution in [2.45, 2.75) is 168 Å². The van der Waals surface area contributed by atoms with E-state index in [2.05, 4.69) is 199 Å². The summed E-state index contributed by atoms with van der Waals surface area (Å²) < 4.78 is 12.7. The number of imidazole rings is 2. The minimum absolute atomic E-state index is 0.340. The van der Waals surface area contributed by atoms with Gasteiger partial charge >= 0.3 is 0 Å². The predicted molar refractivity (Wildman–Crippen MR) is 298 cm³/mol.